The second-order valence-corrected chi connectivity index (χ2v) is 5.94. The zero-order valence-corrected chi connectivity index (χ0v) is 14.1. The van der Waals surface area contributed by atoms with Crippen LogP contribution in [0.5, 0.6) is 5.75 Å². The minimum absolute atomic E-state index is 0.132. The number of benzene rings is 2. The highest BCUT2D eigenvalue weighted by Crippen LogP contribution is 2.26. The number of aromatic nitrogens is 2. The van der Waals surface area contributed by atoms with Gasteiger partial charge < -0.3 is 4.74 Å². The fourth-order valence-electron chi connectivity index (χ4n) is 2.92. The van der Waals surface area contributed by atoms with Gasteiger partial charge in [0.05, 0.1) is 5.39 Å². The van der Waals surface area contributed by atoms with E-state index in [9.17, 15) is 9.59 Å². The average molecular weight is 322 g/mol. The number of nitrogens with zero attached hydrogens (tertiary/aromatic N) is 2. The molecule has 0 spiro atoms. The molecule has 1 aromatic heterocycles. The highest BCUT2D eigenvalue weighted by molar-refractivity contribution is 6.03. The summed E-state index contributed by atoms with van der Waals surface area (Å²) in [4.78, 5) is 24.8. The molecule has 1 heterocycles. The standard InChI is InChI=1S/C19H18N2O3/c1-11-9-12(2)17(13(3)10-11)24-19(23)16-14-7-5-6-8-15(14)18(22)21(4)20-16/h5-10H,1-4H3. The topological polar surface area (TPSA) is 61.2 Å². The molecular formula is C19H18N2O3. The smallest absolute Gasteiger partial charge is 0.364 e. The van der Waals surface area contributed by atoms with Gasteiger partial charge in [0.15, 0.2) is 5.69 Å². The quantitative estimate of drug-likeness (QED) is 0.537. The van der Waals surface area contributed by atoms with Crippen molar-refractivity contribution in [3.63, 3.8) is 0 Å². The van der Waals surface area contributed by atoms with Crippen molar-refractivity contribution in [2.75, 3.05) is 0 Å². The Labute approximate surface area is 139 Å². The SMILES string of the molecule is Cc1cc(C)c(OC(=O)c2nn(C)c(=O)c3ccccc23)c(C)c1. The van der Waals surface area contributed by atoms with Crippen LogP contribution in [0.4, 0.5) is 0 Å². The Balaban J connectivity index is 2.11. The van der Waals surface area contributed by atoms with Crippen molar-refractivity contribution < 1.29 is 9.53 Å². The maximum absolute atomic E-state index is 12.7. The maximum Gasteiger partial charge on any atom is 0.364 e. The number of aryl methyl sites for hydroxylation is 4. The van der Waals surface area contributed by atoms with E-state index in [1.807, 2.05) is 32.9 Å². The summed E-state index contributed by atoms with van der Waals surface area (Å²) in [6.07, 6.45) is 0. The van der Waals surface area contributed by atoms with E-state index in [0.29, 0.717) is 16.5 Å². The van der Waals surface area contributed by atoms with Crippen LogP contribution in [0.3, 0.4) is 0 Å². The fourth-order valence-corrected chi connectivity index (χ4v) is 2.92. The van der Waals surface area contributed by atoms with Gasteiger partial charge in [-0.3, -0.25) is 4.79 Å². The van der Waals surface area contributed by atoms with E-state index in [1.54, 1.807) is 24.3 Å². The Hall–Kier alpha value is -2.95. The predicted molar refractivity (Wildman–Crippen MR) is 92.6 cm³/mol. The van der Waals surface area contributed by atoms with Crippen LogP contribution < -0.4 is 10.3 Å². The summed E-state index contributed by atoms with van der Waals surface area (Å²) in [5, 5.41) is 5.04. The van der Waals surface area contributed by atoms with Gasteiger partial charge in [-0.05, 0) is 38.0 Å². The number of ether oxygens (including phenoxy) is 1. The number of fused-ring (bicyclic) bond motifs is 1. The monoisotopic (exact) mass is 322 g/mol. The Morgan fingerprint density at radius 1 is 1.04 bits per heavy atom. The molecule has 0 bridgehead atoms. The summed E-state index contributed by atoms with van der Waals surface area (Å²) in [5.74, 6) is -0.0396. The van der Waals surface area contributed by atoms with Gasteiger partial charge in [-0.25, -0.2) is 9.48 Å². The van der Waals surface area contributed by atoms with Crippen LogP contribution in [0, 0.1) is 20.8 Å². The second-order valence-electron chi connectivity index (χ2n) is 5.94. The van der Waals surface area contributed by atoms with Crippen molar-refractivity contribution in [2.24, 2.45) is 7.05 Å². The Morgan fingerprint density at radius 3 is 2.25 bits per heavy atom. The summed E-state index contributed by atoms with van der Waals surface area (Å²) in [6.45, 7) is 5.79. The first-order chi connectivity index (χ1) is 11.4. The number of esters is 1. The Bertz CT molecular complexity index is 996. The number of carbonyl (C=O) groups is 1. The van der Waals surface area contributed by atoms with Gasteiger partial charge in [-0.1, -0.05) is 35.9 Å². The third-order valence-electron chi connectivity index (χ3n) is 3.95. The summed E-state index contributed by atoms with van der Waals surface area (Å²) in [6, 6.07) is 10.8. The molecule has 24 heavy (non-hydrogen) atoms. The van der Waals surface area contributed by atoms with Gasteiger partial charge >= 0.3 is 5.97 Å². The molecule has 122 valence electrons. The summed E-state index contributed by atoms with van der Waals surface area (Å²) >= 11 is 0. The Morgan fingerprint density at radius 2 is 1.62 bits per heavy atom. The van der Waals surface area contributed by atoms with Crippen LogP contribution in [-0.4, -0.2) is 15.7 Å². The maximum atomic E-state index is 12.7. The van der Waals surface area contributed by atoms with E-state index >= 15 is 0 Å². The molecule has 0 atom stereocenters. The van der Waals surface area contributed by atoms with Crippen molar-refractivity contribution in [3.8, 4) is 5.75 Å². The molecule has 3 aromatic rings. The zero-order chi connectivity index (χ0) is 17.4. The molecule has 2 aromatic carbocycles. The van der Waals surface area contributed by atoms with Gasteiger partial charge in [-0.2, -0.15) is 5.10 Å². The molecule has 0 amide bonds. The van der Waals surface area contributed by atoms with E-state index in [4.69, 9.17) is 4.74 Å². The Kier molecular flexibility index (Phi) is 3.93. The van der Waals surface area contributed by atoms with Gasteiger partial charge in [-0.15, -0.1) is 0 Å². The number of rotatable bonds is 2. The summed E-state index contributed by atoms with van der Waals surface area (Å²) in [5.41, 5.74) is 2.76. The highest BCUT2D eigenvalue weighted by atomic mass is 16.5. The first-order valence-corrected chi connectivity index (χ1v) is 7.64. The summed E-state index contributed by atoms with van der Waals surface area (Å²) in [7, 11) is 1.52. The van der Waals surface area contributed by atoms with Gasteiger partial charge in [0.25, 0.3) is 5.56 Å². The predicted octanol–water partition coefficient (Wildman–Crippen LogP) is 3.08. The first kappa shape index (κ1) is 15.9. The van der Waals surface area contributed by atoms with E-state index in [1.165, 1.54) is 7.05 Å². The molecule has 0 fully saturated rings. The molecule has 0 saturated heterocycles. The van der Waals surface area contributed by atoms with Crippen LogP contribution in [0.1, 0.15) is 27.2 Å². The summed E-state index contributed by atoms with van der Waals surface area (Å²) < 4.78 is 6.76. The number of carbonyl (C=O) groups excluding carboxylic acids is 1. The van der Waals surface area contributed by atoms with Crippen molar-refractivity contribution in [2.45, 2.75) is 20.8 Å². The molecule has 0 N–H and O–H groups in total. The minimum Gasteiger partial charge on any atom is -0.421 e. The molecule has 0 aliphatic heterocycles. The fraction of sp³-hybridized carbons (Fsp3) is 0.211. The number of hydrogen-bond donors (Lipinski definition) is 0. The highest BCUT2D eigenvalue weighted by Gasteiger charge is 2.19. The molecule has 0 saturated carbocycles. The lowest BCUT2D eigenvalue weighted by Gasteiger charge is -2.12. The molecule has 5 heteroatoms. The lowest BCUT2D eigenvalue weighted by molar-refractivity contribution is 0.0726. The molecule has 0 radical (unpaired) electrons. The van der Waals surface area contributed by atoms with E-state index < -0.39 is 5.97 Å². The third kappa shape index (κ3) is 2.69. The normalized spacial score (nSPS) is 10.8. The largest absolute Gasteiger partial charge is 0.421 e. The van der Waals surface area contributed by atoms with Gasteiger partial charge in [0.1, 0.15) is 5.75 Å². The molecule has 0 aliphatic rings. The van der Waals surface area contributed by atoms with E-state index in [2.05, 4.69) is 5.10 Å². The molecule has 0 aliphatic carbocycles. The van der Waals surface area contributed by atoms with Crippen LogP contribution in [0.25, 0.3) is 10.8 Å². The third-order valence-corrected chi connectivity index (χ3v) is 3.95. The lowest BCUT2D eigenvalue weighted by atomic mass is 10.1. The molecule has 3 rings (SSSR count). The average Bonchev–Trinajstić information content (AvgIpc) is 2.54. The minimum atomic E-state index is -0.572. The molecular weight excluding hydrogens is 304 g/mol. The first-order valence-electron chi connectivity index (χ1n) is 7.64. The lowest BCUT2D eigenvalue weighted by Crippen LogP contribution is -2.24. The second kappa shape index (κ2) is 5.92. The molecule has 5 nitrogen and oxygen atoms in total. The van der Waals surface area contributed by atoms with E-state index in [-0.39, 0.29) is 11.3 Å². The van der Waals surface area contributed by atoms with Gasteiger partial charge in [0, 0.05) is 12.4 Å². The zero-order valence-electron chi connectivity index (χ0n) is 14.1. The number of hydrogen-bond acceptors (Lipinski definition) is 4. The van der Waals surface area contributed by atoms with Crippen LogP contribution in [0.15, 0.2) is 41.2 Å². The van der Waals surface area contributed by atoms with Gasteiger partial charge in [0.2, 0.25) is 0 Å². The van der Waals surface area contributed by atoms with Crippen LogP contribution in [-0.2, 0) is 7.05 Å². The van der Waals surface area contributed by atoms with Crippen molar-refractivity contribution in [1.29, 1.82) is 0 Å². The van der Waals surface area contributed by atoms with E-state index in [0.717, 1.165) is 21.4 Å². The van der Waals surface area contributed by atoms with Crippen molar-refractivity contribution >= 4 is 16.7 Å². The van der Waals surface area contributed by atoms with Crippen LogP contribution in [0.2, 0.25) is 0 Å². The molecule has 0 unspecified atom stereocenters. The van der Waals surface area contributed by atoms with Crippen molar-refractivity contribution in [3.05, 3.63) is 69.1 Å². The van der Waals surface area contributed by atoms with Crippen LogP contribution >= 0.6 is 0 Å². The van der Waals surface area contributed by atoms with Crippen molar-refractivity contribution in [1.82, 2.24) is 9.78 Å².